The van der Waals surface area contributed by atoms with Crippen LogP contribution in [0.2, 0.25) is 0 Å². The summed E-state index contributed by atoms with van der Waals surface area (Å²) < 4.78 is 49.9. The standard InChI is InChI=1S/C19H30N2O5S2/c1-2-27(23,24)16-13-20-19(22)12-9-17-7-10-18(11-8-17)28(25,26)21-14-5-3-4-6-15-21/h7-8,10-11H,2-6,9,12-16H2,1H3,(H,20,22). The molecule has 9 heteroatoms. The van der Waals surface area contributed by atoms with Gasteiger partial charge in [0.1, 0.15) is 0 Å². The summed E-state index contributed by atoms with van der Waals surface area (Å²) in [6, 6.07) is 6.67. The predicted octanol–water partition coefficient (Wildman–Crippen LogP) is 1.73. The highest BCUT2D eigenvalue weighted by Crippen LogP contribution is 2.21. The minimum absolute atomic E-state index is 0.0572. The van der Waals surface area contributed by atoms with Gasteiger partial charge in [-0.05, 0) is 37.0 Å². The molecule has 1 aliphatic rings. The number of rotatable bonds is 9. The van der Waals surface area contributed by atoms with Gasteiger partial charge in [-0.2, -0.15) is 4.31 Å². The van der Waals surface area contributed by atoms with Gasteiger partial charge in [-0.3, -0.25) is 4.79 Å². The van der Waals surface area contributed by atoms with Gasteiger partial charge in [0.15, 0.2) is 9.84 Å². The smallest absolute Gasteiger partial charge is 0.243 e. The van der Waals surface area contributed by atoms with Crippen molar-refractivity contribution in [2.45, 2.75) is 50.3 Å². The van der Waals surface area contributed by atoms with Crippen molar-refractivity contribution >= 4 is 25.8 Å². The average Bonchev–Trinajstić information content (AvgIpc) is 2.97. The number of sulfone groups is 1. The van der Waals surface area contributed by atoms with Gasteiger partial charge in [-0.25, -0.2) is 16.8 Å². The van der Waals surface area contributed by atoms with E-state index < -0.39 is 19.9 Å². The summed E-state index contributed by atoms with van der Waals surface area (Å²) >= 11 is 0. The summed E-state index contributed by atoms with van der Waals surface area (Å²) in [5.41, 5.74) is 0.867. The molecule has 1 amide bonds. The lowest BCUT2D eigenvalue weighted by Crippen LogP contribution is -2.31. The fourth-order valence-corrected chi connectivity index (χ4v) is 5.31. The van der Waals surface area contributed by atoms with E-state index in [4.69, 9.17) is 0 Å². The number of nitrogens with zero attached hydrogens (tertiary/aromatic N) is 1. The second-order valence-electron chi connectivity index (χ2n) is 7.05. The molecule has 28 heavy (non-hydrogen) atoms. The van der Waals surface area contributed by atoms with Gasteiger partial charge in [-0.1, -0.05) is 31.9 Å². The van der Waals surface area contributed by atoms with Crippen molar-refractivity contribution in [3.8, 4) is 0 Å². The highest BCUT2D eigenvalue weighted by atomic mass is 32.2. The Bertz CT molecular complexity index is 841. The topological polar surface area (TPSA) is 101 Å². The first-order chi connectivity index (χ1) is 13.2. The molecule has 0 saturated carbocycles. The van der Waals surface area contributed by atoms with Crippen LogP contribution in [0.25, 0.3) is 0 Å². The predicted molar refractivity (Wildman–Crippen MR) is 109 cm³/mol. The van der Waals surface area contributed by atoms with Gasteiger partial charge < -0.3 is 5.32 Å². The van der Waals surface area contributed by atoms with E-state index in [-0.39, 0.29) is 35.3 Å². The zero-order valence-electron chi connectivity index (χ0n) is 16.4. The largest absolute Gasteiger partial charge is 0.355 e. The van der Waals surface area contributed by atoms with E-state index in [0.717, 1.165) is 31.2 Å². The van der Waals surface area contributed by atoms with Crippen LogP contribution in [0.5, 0.6) is 0 Å². The zero-order chi connectivity index (χ0) is 20.6. The quantitative estimate of drug-likeness (QED) is 0.643. The molecule has 7 nitrogen and oxygen atoms in total. The lowest BCUT2D eigenvalue weighted by molar-refractivity contribution is -0.120. The number of carbonyl (C=O) groups is 1. The van der Waals surface area contributed by atoms with Crippen molar-refractivity contribution in [1.29, 1.82) is 0 Å². The molecule has 0 radical (unpaired) electrons. The molecular formula is C19H30N2O5S2. The van der Waals surface area contributed by atoms with Crippen LogP contribution in [-0.2, 0) is 31.1 Å². The maximum absolute atomic E-state index is 12.8. The second kappa shape index (κ2) is 10.4. The number of sulfonamides is 1. The highest BCUT2D eigenvalue weighted by Gasteiger charge is 2.24. The Balaban J connectivity index is 1.86. The van der Waals surface area contributed by atoms with Crippen molar-refractivity contribution in [2.75, 3.05) is 31.1 Å². The first-order valence-corrected chi connectivity index (χ1v) is 13.1. The molecule has 1 heterocycles. The van der Waals surface area contributed by atoms with Crippen LogP contribution >= 0.6 is 0 Å². The Morgan fingerprint density at radius 1 is 1.00 bits per heavy atom. The fourth-order valence-electron chi connectivity index (χ4n) is 3.10. The molecule has 158 valence electrons. The van der Waals surface area contributed by atoms with Crippen LogP contribution in [0.3, 0.4) is 0 Å². The summed E-state index contributed by atoms with van der Waals surface area (Å²) in [5.74, 6) is -0.207. The van der Waals surface area contributed by atoms with Gasteiger partial charge >= 0.3 is 0 Å². The Labute approximate surface area is 168 Å². The third kappa shape index (κ3) is 6.86. The van der Waals surface area contributed by atoms with E-state index in [9.17, 15) is 21.6 Å². The third-order valence-electron chi connectivity index (χ3n) is 4.94. The third-order valence-corrected chi connectivity index (χ3v) is 8.56. The Morgan fingerprint density at radius 3 is 2.18 bits per heavy atom. The lowest BCUT2D eigenvalue weighted by Gasteiger charge is -2.20. The lowest BCUT2D eigenvalue weighted by atomic mass is 10.1. The Kier molecular flexibility index (Phi) is 8.45. The van der Waals surface area contributed by atoms with Crippen molar-refractivity contribution in [3.05, 3.63) is 29.8 Å². The summed E-state index contributed by atoms with van der Waals surface area (Å²) in [6.45, 7) is 2.83. The molecular weight excluding hydrogens is 400 g/mol. The summed E-state index contributed by atoms with van der Waals surface area (Å²) in [4.78, 5) is 12.1. The SMILES string of the molecule is CCS(=O)(=O)CCNC(=O)CCc1ccc(S(=O)(=O)N2CCCCCC2)cc1. The van der Waals surface area contributed by atoms with Gasteiger partial charge in [0, 0.05) is 31.8 Å². The van der Waals surface area contributed by atoms with Crippen LogP contribution < -0.4 is 5.32 Å². The summed E-state index contributed by atoms with van der Waals surface area (Å²) in [7, 11) is -6.55. The molecule has 2 rings (SSSR count). The van der Waals surface area contributed by atoms with Crippen molar-refractivity contribution in [1.82, 2.24) is 9.62 Å². The molecule has 0 aromatic heterocycles. The van der Waals surface area contributed by atoms with Crippen LogP contribution in [0, 0.1) is 0 Å². The number of hydrogen-bond donors (Lipinski definition) is 1. The summed E-state index contributed by atoms with van der Waals surface area (Å²) in [6.07, 6.45) is 4.62. The Morgan fingerprint density at radius 2 is 1.61 bits per heavy atom. The highest BCUT2D eigenvalue weighted by molar-refractivity contribution is 7.91. The monoisotopic (exact) mass is 430 g/mol. The van der Waals surface area contributed by atoms with Crippen LogP contribution in [-0.4, -0.2) is 58.2 Å². The molecule has 0 unspecified atom stereocenters. The molecule has 1 aromatic rings. The van der Waals surface area contributed by atoms with E-state index in [1.54, 1.807) is 35.5 Å². The first kappa shape index (κ1) is 22.8. The number of carbonyl (C=O) groups excluding carboxylic acids is 1. The normalized spacial score (nSPS) is 16.5. The number of benzene rings is 1. The Hall–Kier alpha value is -1.45. The van der Waals surface area contributed by atoms with E-state index in [0.29, 0.717) is 19.5 Å². The number of aryl methyl sites for hydroxylation is 1. The number of nitrogens with one attached hydrogen (secondary N) is 1. The molecule has 0 bridgehead atoms. The average molecular weight is 431 g/mol. The van der Waals surface area contributed by atoms with Crippen LogP contribution in [0.15, 0.2) is 29.2 Å². The molecule has 1 aliphatic heterocycles. The van der Waals surface area contributed by atoms with Gasteiger partial charge in [0.05, 0.1) is 10.6 Å². The molecule has 1 fully saturated rings. The molecule has 1 aromatic carbocycles. The van der Waals surface area contributed by atoms with E-state index >= 15 is 0 Å². The van der Waals surface area contributed by atoms with Crippen molar-refractivity contribution in [2.24, 2.45) is 0 Å². The molecule has 0 spiro atoms. The van der Waals surface area contributed by atoms with Crippen molar-refractivity contribution in [3.63, 3.8) is 0 Å². The number of amides is 1. The molecule has 0 aliphatic carbocycles. The van der Waals surface area contributed by atoms with Crippen molar-refractivity contribution < 1.29 is 21.6 Å². The minimum Gasteiger partial charge on any atom is -0.355 e. The summed E-state index contributed by atoms with van der Waals surface area (Å²) in [5, 5.41) is 2.61. The maximum atomic E-state index is 12.8. The molecule has 1 saturated heterocycles. The molecule has 1 N–H and O–H groups in total. The van der Waals surface area contributed by atoms with Crippen LogP contribution in [0.4, 0.5) is 0 Å². The van der Waals surface area contributed by atoms with E-state index in [1.807, 2.05) is 0 Å². The fraction of sp³-hybridized carbons (Fsp3) is 0.632. The second-order valence-corrected chi connectivity index (χ2v) is 11.5. The van der Waals surface area contributed by atoms with Gasteiger partial charge in [0.25, 0.3) is 0 Å². The van der Waals surface area contributed by atoms with E-state index in [1.165, 1.54) is 0 Å². The van der Waals surface area contributed by atoms with Gasteiger partial charge in [-0.15, -0.1) is 0 Å². The van der Waals surface area contributed by atoms with Crippen LogP contribution in [0.1, 0.15) is 44.6 Å². The first-order valence-electron chi connectivity index (χ1n) is 9.81. The molecule has 0 atom stereocenters. The maximum Gasteiger partial charge on any atom is 0.243 e. The van der Waals surface area contributed by atoms with E-state index in [2.05, 4.69) is 5.32 Å². The minimum atomic E-state index is -3.46. The number of hydrogen-bond acceptors (Lipinski definition) is 5. The zero-order valence-corrected chi connectivity index (χ0v) is 18.0. The van der Waals surface area contributed by atoms with Gasteiger partial charge in [0.2, 0.25) is 15.9 Å².